The highest BCUT2D eigenvalue weighted by Crippen LogP contribution is 2.21. The first-order valence-corrected chi connectivity index (χ1v) is 8.24. The van der Waals surface area contributed by atoms with Crippen LogP contribution >= 0.6 is 0 Å². The highest BCUT2D eigenvalue weighted by Gasteiger charge is 2.25. The van der Waals surface area contributed by atoms with E-state index in [0.717, 1.165) is 30.2 Å². The minimum Gasteiger partial charge on any atom is -0.481 e. The molecular weight excluding hydrogens is 320 g/mol. The van der Waals surface area contributed by atoms with Crippen LogP contribution in [0.5, 0.6) is 5.88 Å². The average Bonchev–Trinajstić information content (AvgIpc) is 3.09. The maximum Gasteiger partial charge on any atom is 0.213 e. The van der Waals surface area contributed by atoms with Crippen LogP contribution in [0.25, 0.3) is 0 Å². The molecule has 1 saturated heterocycles. The van der Waals surface area contributed by atoms with Gasteiger partial charge in [0.1, 0.15) is 6.10 Å². The number of morpholine rings is 1. The third kappa shape index (κ3) is 4.27. The number of nitrogens with zero attached hydrogens (tertiary/aromatic N) is 5. The van der Waals surface area contributed by atoms with Crippen LogP contribution in [0, 0.1) is 0 Å². The van der Waals surface area contributed by atoms with E-state index in [4.69, 9.17) is 9.47 Å². The Morgan fingerprint density at radius 3 is 3.12 bits per heavy atom. The molecule has 1 aliphatic heterocycles. The summed E-state index contributed by atoms with van der Waals surface area (Å²) in [5.74, 6) is 1.46. The van der Waals surface area contributed by atoms with Gasteiger partial charge in [0.2, 0.25) is 5.88 Å². The van der Waals surface area contributed by atoms with Gasteiger partial charge in [-0.25, -0.2) is 4.98 Å². The molecule has 3 rings (SSSR count). The van der Waals surface area contributed by atoms with Gasteiger partial charge in [-0.05, 0) is 11.6 Å². The Morgan fingerprint density at radius 2 is 2.40 bits per heavy atom. The van der Waals surface area contributed by atoms with Gasteiger partial charge in [-0.2, -0.15) is 5.10 Å². The number of nitrogens with one attached hydrogen (secondary N) is 1. The molecule has 0 amide bonds. The molecule has 0 aromatic carbocycles. The lowest BCUT2D eigenvalue weighted by Crippen LogP contribution is -2.47. The maximum absolute atomic E-state index is 5.89. The highest BCUT2D eigenvalue weighted by molar-refractivity contribution is 5.80. The number of aryl methyl sites for hydroxylation is 1. The molecule has 0 radical (unpaired) electrons. The summed E-state index contributed by atoms with van der Waals surface area (Å²) in [5.41, 5.74) is 2.17. The fourth-order valence-electron chi connectivity index (χ4n) is 2.84. The summed E-state index contributed by atoms with van der Waals surface area (Å²) >= 11 is 0. The Bertz CT molecular complexity index is 729. The first-order chi connectivity index (χ1) is 12.2. The van der Waals surface area contributed by atoms with Gasteiger partial charge in [0.25, 0.3) is 0 Å². The summed E-state index contributed by atoms with van der Waals surface area (Å²) in [6.45, 7) is 2.85. The van der Waals surface area contributed by atoms with Crippen molar-refractivity contribution in [1.29, 1.82) is 0 Å². The normalized spacial score (nSPS) is 18.3. The summed E-state index contributed by atoms with van der Waals surface area (Å²) in [4.78, 5) is 10.7. The topological polar surface area (TPSA) is 76.8 Å². The van der Waals surface area contributed by atoms with Crippen LogP contribution < -0.4 is 10.1 Å². The van der Waals surface area contributed by atoms with Crippen molar-refractivity contribution in [3.8, 4) is 5.88 Å². The molecule has 25 heavy (non-hydrogen) atoms. The van der Waals surface area contributed by atoms with Crippen molar-refractivity contribution in [1.82, 2.24) is 25.0 Å². The SMILES string of the molecule is CN=C(NCc1ccnc(OC)c1)N1CCOC(c2cnn(C)c2)C1. The second-order valence-electron chi connectivity index (χ2n) is 5.86. The first-order valence-electron chi connectivity index (χ1n) is 8.24. The van der Waals surface area contributed by atoms with Gasteiger partial charge >= 0.3 is 0 Å². The predicted molar refractivity (Wildman–Crippen MR) is 94.5 cm³/mol. The molecule has 1 N–H and O–H groups in total. The minimum absolute atomic E-state index is 0.00187. The minimum atomic E-state index is 0.00187. The predicted octanol–water partition coefficient (Wildman–Crippen LogP) is 0.973. The summed E-state index contributed by atoms with van der Waals surface area (Å²) in [6, 6.07) is 3.87. The molecule has 1 unspecified atom stereocenters. The van der Waals surface area contributed by atoms with Crippen molar-refractivity contribution >= 4 is 5.96 Å². The van der Waals surface area contributed by atoms with Crippen molar-refractivity contribution in [3.63, 3.8) is 0 Å². The van der Waals surface area contributed by atoms with Gasteiger partial charge in [0, 0.05) is 51.2 Å². The Morgan fingerprint density at radius 1 is 1.52 bits per heavy atom. The lowest BCUT2D eigenvalue weighted by molar-refractivity contribution is -0.00805. The van der Waals surface area contributed by atoms with E-state index >= 15 is 0 Å². The smallest absolute Gasteiger partial charge is 0.213 e. The molecule has 1 atom stereocenters. The van der Waals surface area contributed by atoms with E-state index in [1.54, 1.807) is 25.0 Å². The molecule has 1 aliphatic rings. The number of methoxy groups -OCH3 is 1. The summed E-state index contributed by atoms with van der Waals surface area (Å²) in [6.07, 6.45) is 5.59. The summed E-state index contributed by atoms with van der Waals surface area (Å²) in [7, 11) is 5.32. The third-order valence-electron chi connectivity index (χ3n) is 4.13. The zero-order chi connectivity index (χ0) is 17.6. The molecular formula is C17H24N6O2. The molecule has 134 valence electrons. The Labute approximate surface area is 147 Å². The van der Waals surface area contributed by atoms with Gasteiger partial charge < -0.3 is 19.7 Å². The standard InChI is InChI=1S/C17H24N6O2/c1-18-17(20-9-13-4-5-19-16(8-13)24-3)23-6-7-25-15(12-23)14-10-21-22(2)11-14/h4-5,8,10-11,15H,6-7,9,12H2,1-3H3,(H,18,20). The Kier molecular flexibility index (Phi) is 5.49. The maximum atomic E-state index is 5.89. The molecule has 0 aliphatic carbocycles. The molecule has 8 heteroatoms. The van der Waals surface area contributed by atoms with Crippen LogP contribution in [-0.2, 0) is 18.3 Å². The number of hydrogen-bond acceptors (Lipinski definition) is 5. The van der Waals surface area contributed by atoms with Crippen LogP contribution in [0.2, 0.25) is 0 Å². The van der Waals surface area contributed by atoms with Crippen molar-refractivity contribution in [2.24, 2.45) is 12.0 Å². The first kappa shape index (κ1) is 17.2. The summed E-state index contributed by atoms with van der Waals surface area (Å²) in [5, 5.41) is 7.63. The van der Waals surface area contributed by atoms with Crippen LogP contribution in [-0.4, -0.2) is 59.5 Å². The van der Waals surface area contributed by atoms with Gasteiger partial charge in [0.15, 0.2) is 5.96 Å². The molecule has 2 aromatic rings. The zero-order valence-electron chi connectivity index (χ0n) is 14.8. The molecule has 0 bridgehead atoms. The highest BCUT2D eigenvalue weighted by atomic mass is 16.5. The second-order valence-corrected chi connectivity index (χ2v) is 5.86. The van der Waals surface area contributed by atoms with E-state index in [0.29, 0.717) is 19.0 Å². The Hall–Kier alpha value is -2.61. The van der Waals surface area contributed by atoms with Crippen molar-refractivity contribution < 1.29 is 9.47 Å². The molecule has 0 spiro atoms. The number of rotatable bonds is 4. The number of aliphatic imine (C=N–C) groups is 1. The van der Waals surface area contributed by atoms with Crippen LogP contribution in [0.1, 0.15) is 17.2 Å². The quantitative estimate of drug-likeness (QED) is 0.658. The number of ether oxygens (including phenoxy) is 2. The van der Waals surface area contributed by atoms with Gasteiger partial charge in [0.05, 0.1) is 26.5 Å². The number of aromatic nitrogens is 3. The van der Waals surface area contributed by atoms with E-state index in [1.807, 2.05) is 31.6 Å². The van der Waals surface area contributed by atoms with E-state index in [-0.39, 0.29) is 6.10 Å². The zero-order valence-corrected chi connectivity index (χ0v) is 14.8. The molecule has 0 saturated carbocycles. The second kappa shape index (κ2) is 7.98. The number of guanidine groups is 1. The van der Waals surface area contributed by atoms with Gasteiger partial charge in [-0.3, -0.25) is 9.67 Å². The number of pyridine rings is 1. The fraction of sp³-hybridized carbons (Fsp3) is 0.471. The monoisotopic (exact) mass is 344 g/mol. The molecule has 8 nitrogen and oxygen atoms in total. The Balaban J connectivity index is 1.62. The van der Waals surface area contributed by atoms with E-state index in [9.17, 15) is 0 Å². The largest absolute Gasteiger partial charge is 0.481 e. The lowest BCUT2D eigenvalue weighted by atomic mass is 10.1. The van der Waals surface area contributed by atoms with Crippen LogP contribution in [0.3, 0.4) is 0 Å². The molecule has 2 aromatic heterocycles. The van der Waals surface area contributed by atoms with E-state index in [2.05, 4.69) is 25.3 Å². The van der Waals surface area contributed by atoms with E-state index in [1.165, 1.54) is 0 Å². The summed E-state index contributed by atoms with van der Waals surface area (Å²) < 4.78 is 12.9. The van der Waals surface area contributed by atoms with Crippen molar-refractivity contribution in [2.75, 3.05) is 33.9 Å². The van der Waals surface area contributed by atoms with Crippen molar-refractivity contribution in [2.45, 2.75) is 12.6 Å². The van der Waals surface area contributed by atoms with Gasteiger partial charge in [-0.15, -0.1) is 0 Å². The average molecular weight is 344 g/mol. The fourth-order valence-corrected chi connectivity index (χ4v) is 2.84. The lowest BCUT2D eigenvalue weighted by Gasteiger charge is -2.34. The van der Waals surface area contributed by atoms with Crippen molar-refractivity contribution in [3.05, 3.63) is 41.9 Å². The van der Waals surface area contributed by atoms with Gasteiger partial charge in [-0.1, -0.05) is 0 Å². The third-order valence-corrected chi connectivity index (χ3v) is 4.13. The molecule has 3 heterocycles. The van der Waals surface area contributed by atoms with Crippen LogP contribution in [0.4, 0.5) is 0 Å². The van der Waals surface area contributed by atoms with E-state index < -0.39 is 0 Å². The van der Waals surface area contributed by atoms with Crippen LogP contribution in [0.15, 0.2) is 35.7 Å². The number of hydrogen-bond donors (Lipinski definition) is 1. The molecule has 1 fully saturated rings.